The molecule has 3 aromatic rings. The van der Waals surface area contributed by atoms with E-state index in [2.05, 4.69) is 5.32 Å². The van der Waals surface area contributed by atoms with E-state index in [1.165, 1.54) is 42.2 Å². The first-order valence-corrected chi connectivity index (χ1v) is 14.2. The Balaban J connectivity index is 2.01. The van der Waals surface area contributed by atoms with Gasteiger partial charge in [-0.05, 0) is 55.7 Å². The first-order chi connectivity index (χ1) is 18.9. The van der Waals surface area contributed by atoms with E-state index < -0.39 is 46.2 Å². The minimum Gasteiger partial charge on any atom is -0.354 e. The molecule has 11 heteroatoms. The van der Waals surface area contributed by atoms with Crippen molar-refractivity contribution >= 4 is 27.5 Å². The molecule has 1 N–H and O–H groups in total. The molecule has 214 valence electrons. The molecule has 1 atom stereocenters. The first kappa shape index (κ1) is 30.7. The molecule has 0 fully saturated rings. The van der Waals surface area contributed by atoms with Gasteiger partial charge in [0.05, 0.1) is 16.1 Å². The maximum absolute atomic E-state index is 13.7. The molecule has 0 aliphatic carbocycles. The summed E-state index contributed by atoms with van der Waals surface area (Å²) in [5.41, 5.74) is -0.481. The van der Waals surface area contributed by atoms with Crippen molar-refractivity contribution in [2.75, 3.05) is 23.9 Å². The van der Waals surface area contributed by atoms with Gasteiger partial charge in [-0.15, -0.1) is 0 Å². The van der Waals surface area contributed by atoms with Crippen LogP contribution in [0.15, 0.2) is 89.8 Å². The quantitative estimate of drug-likeness (QED) is 0.333. The van der Waals surface area contributed by atoms with Gasteiger partial charge >= 0.3 is 6.18 Å². The van der Waals surface area contributed by atoms with Crippen LogP contribution in [0.3, 0.4) is 0 Å². The normalized spacial score (nSPS) is 12.4. The average Bonchev–Trinajstić information content (AvgIpc) is 2.95. The van der Waals surface area contributed by atoms with Gasteiger partial charge < -0.3 is 10.2 Å². The van der Waals surface area contributed by atoms with E-state index in [-0.39, 0.29) is 17.1 Å². The fourth-order valence-electron chi connectivity index (χ4n) is 4.05. The van der Waals surface area contributed by atoms with Gasteiger partial charge in [0.15, 0.2) is 0 Å². The summed E-state index contributed by atoms with van der Waals surface area (Å²) in [6.45, 7) is 3.09. The number of nitrogens with zero attached hydrogens (tertiary/aromatic N) is 2. The molecule has 0 unspecified atom stereocenters. The van der Waals surface area contributed by atoms with E-state index in [4.69, 9.17) is 0 Å². The summed E-state index contributed by atoms with van der Waals surface area (Å²) >= 11 is 0. The lowest BCUT2D eigenvalue weighted by Gasteiger charge is -2.32. The lowest BCUT2D eigenvalue weighted by Crippen LogP contribution is -2.52. The number of rotatable bonds is 12. The second-order valence-electron chi connectivity index (χ2n) is 9.16. The van der Waals surface area contributed by atoms with Gasteiger partial charge in [-0.1, -0.05) is 61.5 Å². The minimum atomic E-state index is -4.73. The van der Waals surface area contributed by atoms with Crippen LogP contribution in [0.4, 0.5) is 18.9 Å². The molecule has 0 saturated carbocycles. The van der Waals surface area contributed by atoms with Crippen LogP contribution in [0.5, 0.6) is 0 Å². The molecule has 0 spiro atoms. The van der Waals surface area contributed by atoms with E-state index >= 15 is 0 Å². The number of carbonyl (C=O) groups is 2. The molecule has 0 aromatic heterocycles. The summed E-state index contributed by atoms with van der Waals surface area (Å²) in [7, 11) is -4.45. The SMILES string of the molecule is CCCNC(=O)[C@H](C)N(CCc1ccccc1)C(=O)CN(c1cccc(C(F)(F)F)c1)S(=O)(=O)c1ccccc1. The number of hydrogen-bond acceptors (Lipinski definition) is 4. The van der Waals surface area contributed by atoms with Crippen molar-refractivity contribution < 1.29 is 31.2 Å². The zero-order chi connectivity index (χ0) is 29.3. The maximum Gasteiger partial charge on any atom is 0.416 e. The van der Waals surface area contributed by atoms with E-state index in [1.54, 1.807) is 6.07 Å². The summed E-state index contributed by atoms with van der Waals surface area (Å²) in [5, 5.41) is 2.74. The van der Waals surface area contributed by atoms with Crippen LogP contribution >= 0.6 is 0 Å². The van der Waals surface area contributed by atoms with E-state index in [1.807, 2.05) is 37.3 Å². The highest BCUT2D eigenvalue weighted by Crippen LogP contribution is 2.33. The predicted molar refractivity (Wildman–Crippen MR) is 147 cm³/mol. The largest absolute Gasteiger partial charge is 0.416 e. The Labute approximate surface area is 232 Å². The number of sulfonamides is 1. The number of nitrogens with one attached hydrogen (secondary N) is 1. The van der Waals surface area contributed by atoms with E-state index in [9.17, 15) is 31.2 Å². The molecule has 3 rings (SSSR count). The number of anilines is 1. The number of alkyl halides is 3. The predicted octanol–water partition coefficient (Wildman–Crippen LogP) is 4.89. The van der Waals surface area contributed by atoms with Crippen molar-refractivity contribution in [2.45, 2.75) is 43.8 Å². The lowest BCUT2D eigenvalue weighted by atomic mass is 10.1. The summed E-state index contributed by atoms with van der Waals surface area (Å²) in [5.74, 6) is -1.15. The summed E-state index contributed by atoms with van der Waals surface area (Å²) in [6.07, 6.45) is -3.67. The second kappa shape index (κ2) is 13.5. The van der Waals surface area contributed by atoms with Gasteiger partial charge in [0.1, 0.15) is 12.6 Å². The topological polar surface area (TPSA) is 86.8 Å². The molecule has 0 radical (unpaired) electrons. The van der Waals surface area contributed by atoms with Crippen molar-refractivity contribution in [1.29, 1.82) is 0 Å². The number of carbonyl (C=O) groups excluding carboxylic acids is 2. The molecule has 3 aromatic carbocycles. The molecule has 0 aliphatic heterocycles. The Morgan fingerprint density at radius 3 is 2.15 bits per heavy atom. The highest BCUT2D eigenvalue weighted by molar-refractivity contribution is 7.92. The Kier molecular flexibility index (Phi) is 10.3. The fourth-order valence-corrected chi connectivity index (χ4v) is 5.48. The van der Waals surface area contributed by atoms with Gasteiger partial charge in [0, 0.05) is 13.1 Å². The molecule has 7 nitrogen and oxygen atoms in total. The van der Waals surface area contributed by atoms with Crippen molar-refractivity contribution in [3.05, 3.63) is 96.1 Å². The van der Waals surface area contributed by atoms with Gasteiger partial charge in [-0.25, -0.2) is 8.42 Å². The molecule has 40 heavy (non-hydrogen) atoms. The van der Waals surface area contributed by atoms with Gasteiger partial charge in [-0.3, -0.25) is 13.9 Å². The van der Waals surface area contributed by atoms with Crippen molar-refractivity contribution in [3.63, 3.8) is 0 Å². The van der Waals surface area contributed by atoms with Crippen LogP contribution in [0.25, 0.3) is 0 Å². The van der Waals surface area contributed by atoms with E-state index in [0.29, 0.717) is 29.8 Å². The van der Waals surface area contributed by atoms with E-state index in [0.717, 1.165) is 17.7 Å². The Bertz CT molecular complexity index is 1380. The third-order valence-electron chi connectivity index (χ3n) is 6.27. The van der Waals surface area contributed by atoms with Crippen LogP contribution in [0, 0.1) is 0 Å². The monoisotopic (exact) mass is 575 g/mol. The van der Waals surface area contributed by atoms with Crippen LogP contribution in [-0.2, 0) is 32.2 Å². The standard InChI is InChI=1S/C29H32F3N3O4S/c1-3-18-33-28(37)22(2)34(19-17-23-11-6-4-7-12-23)27(36)21-35(40(38,39)26-15-8-5-9-16-26)25-14-10-13-24(20-25)29(30,31)32/h4-16,20,22H,3,17-19,21H2,1-2H3,(H,33,37)/t22-/m0/s1. The minimum absolute atomic E-state index is 0.0887. The molecule has 2 amide bonds. The number of halogens is 3. The van der Waals surface area contributed by atoms with Crippen molar-refractivity contribution in [3.8, 4) is 0 Å². The zero-order valence-electron chi connectivity index (χ0n) is 22.3. The second-order valence-corrected chi connectivity index (χ2v) is 11.0. The summed E-state index contributed by atoms with van der Waals surface area (Å²) in [6, 6.07) is 19.2. The molecule has 0 aliphatic rings. The zero-order valence-corrected chi connectivity index (χ0v) is 23.1. The van der Waals surface area contributed by atoms with Crippen molar-refractivity contribution in [1.82, 2.24) is 10.2 Å². The third kappa shape index (κ3) is 7.84. The Hall–Kier alpha value is -3.86. The molecular formula is C29H32F3N3O4S. The molecule has 0 saturated heterocycles. The maximum atomic E-state index is 13.7. The fraction of sp³-hybridized carbons (Fsp3) is 0.310. The highest BCUT2D eigenvalue weighted by Gasteiger charge is 2.35. The summed E-state index contributed by atoms with van der Waals surface area (Å²) in [4.78, 5) is 27.6. The Morgan fingerprint density at radius 1 is 0.925 bits per heavy atom. The van der Waals surface area contributed by atoms with Gasteiger partial charge in [0.2, 0.25) is 11.8 Å². The third-order valence-corrected chi connectivity index (χ3v) is 8.06. The van der Waals surface area contributed by atoms with Crippen LogP contribution in [0.2, 0.25) is 0 Å². The van der Waals surface area contributed by atoms with Crippen LogP contribution in [-0.4, -0.2) is 50.8 Å². The van der Waals surface area contributed by atoms with Crippen molar-refractivity contribution in [2.24, 2.45) is 0 Å². The molecule has 0 heterocycles. The van der Waals surface area contributed by atoms with Gasteiger partial charge in [0.25, 0.3) is 10.0 Å². The lowest BCUT2D eigenvalue weighted by molar-refractivity contribution is -0.138. The molecular weight excluding hydrogens is 543 g/mol. The highest BCUT2D eigenvalue weighted by atomic mass is 32.2. The number of hydrogen-bond donors (Lipinski definition) is 1. The number of benzene rings is 3. The number of amides is 2. The average molecular weight is 576 g/mol. The van der Waals surface area contributed by atoms with Gasteiger partial charge in [-0.2, -0.15) is 13.2 Å². The van der Waals surface area contributed by atoms with Crippen LogP contribution in [0.1, 0.15) is 31.4 Å². The summed E-state index contributed by atoms with van der Waals surface area (Å²) < 4.78 is 68.5. The van der Waals surface area contributed by atoms with Crippen LogP contribution < -0.4 is 9.62 Å². The molecule has 0 bridgehead atoms. The smallest absolute Gasteiger partial charge is 0.354 e. The first-order valence-electron chi connectivity index (χ1n) is 12.8. The Morgan fingerprint density at radius 2 is 1.55 bits per heavy atom.